The van der Waals surface area contributed by atoms with Gasteiger partial charge in [0, 0.05) is 43.6 Å². The van der Waals surface area contributed by atoms with Crippen molar-refractivity contribution in [3.8, 4) is 22.3 Å². The topological polar surface area (TPSA) is 167 Å². The van der Waals surface area contributed by atoms with Crippen molar-refractivity contribution in [3.05, 3.63) is 132 Å². The van der Waals surface area contributed by atoms with Crippen LogP contribution in [-0.4, -0.2) is 111 Å². The third kappa shape index (κ3) is 10.4. The first-order chi connectivity index (χ1) is 28.6. The number of hydrogen-bond acceptors (Lipinski definition) is 11. The van der Waals surface area contributed by atoms with Gasteiger partial charge in [-0.25, -0.2) is 19.2 Å². The van der Waals surface area contributed by atoms with E-state index in [0.29, 0.717) is 13.1 Å². The van der Waals surface area contributed by atoms with Crippen molar-refractivity contribution in [1.29, 1.82) is 0 Å². The minimum atomic E-state index is -1.54. The Morgan fingerprint density at radius 3 is 1.58 bits per heavy atom. The molecule has 0 saturated carbocycles. The molecule has 0 aromatic heterocycles. The van der Waals surface area contributed by atoms with Crippen molar-refractivity contribution in [3.63, 3.8) is 0 Å². The first-order valence-corrected chi connectivity index (χ1v) is 19.7. The molecule has 2 aliphatic carbocycles. The molecule has 1 atom stereocenters. The van der Waals surface area contributed by atoms with Gasteiger partial charge in [0.25, 0.3) is 0 Å². The number of likely N-dealkylation sites (tertiary alicyclic amines) is 1. The van der Waals surface area contributed by atoms with Crippen LogP contribution in [0.1, 0.15) is 47.9 Å². The second kappa shape index (κ2) is 19.8. The Bertz CT molecular complexity index is 2130. The summed E-state index contributed by atoms with van der Waals surface area (Å²) >= 11 is 5.25. The van der Waals surface area contributed by atoms with Crippen molar-refractivity contribution in [2.75, 3.05) is 60.7 Å². The van der Waals surface area contributed by atoms with Crippen molar-refractivity contribution in [2.45, 2.75) is 36.8 Å². The van der Waals surface area contributed by atoms with Crippen LogP contribution in [0.2, 0.25) is 0 Å². The summed E-state index contributed by atoms with van der Waals surface area (Å²) in [7, 11) is 4.61. The van der Waals surface area contributed by atoms with Gasteiger partial charge in [0.05, 0.1) is 13.7 Å². The lowest BCUT2D eigenvalue weighted by molar-refractivity contribution is -0.148. The molecule has 4 aromatic rings. The van der Waals surface area contributed by atoms with Crippen molar-refractivity contribution in [2.24, 2.45) is 5.73 Å². The Hall–Kier alpha value is -6.02. The van der Waals surface area contributed by atoms with Crippen LogP contribution in [0.5, 0.6) is 0 Å². The van der Waals surface area contributed by atoms with Gasteiger partial charge in [-0.15, -0.1) is 0 Å². The van der Waals surface area contributed by atoms with E-state index in [-0.39, 0.29) is 44.0 Å². The fourth-order valence-electron chi connectivity index (χ4n) is 7.75. The van der Waals surface area contributed by atoms with Gasteiger partial charge >= 0.3 is 23.6 Å². The zero-order valence-corrected chi connectivity index (χ0v) is 35.2. The van der Waals surface area contributed by atoms with Crippen LogP contribution in [0.15, 0.2) is 110 Å². The van der Waals surface area contributed by atoms with Crippen molar-refractivity contribution in [1.82, 2.24) is 15.1 Å². The van der Waals surface area contributed by atoms with E-state index in [1.807, 2.05) is 84.7 Å². The molecule has 0 unspecified atom stereocenters. The quantitative estimate of drug-likeness (QED) is 0.0685. The smallest absolute Gasteiger partial charge is 0.409 e. The highest BCUT2D eigenvalue weighted by atomic mass is 35.5. The number of alkyl carbamates (subject to hydrolysis) is 1. The summed E-state index contributed by atoms with van der Waals surface area (Å²) in [6, 6.07) is 32.4. The highest BCUT2D eigenvalue weighted by molar-refractivity contribution is 6.61. The number of nitrogens with zero attached hydrogens (tertiary/aromatic N) is 2. The molecule has 14 heteroatoms. The van der Waals surface area contributed by atoms with Crippen LogP contribution >= 0.6 is 11.6 Å². The number of carbonyl (C=O) groups is 5. The number of likely N-dealkylation sites (N-methyl/N-ethyl adjacent to an activating group) is 2. The molecule has 316 valence electrons. The van der Waals surface area contributed by atoms with Gasteiger partial charge in [0.1, 0.15) is 25.4 Å². The van der Waals surface area contributed by atoms with E-state index in [2.05, 4.69) is 36.2 Å². The SMILES string of the molecule is C=CCOC(=O)N(C)C[C@](C)(NC(=O)OCC1c2ccccc2-c2ccccc21)C(=O)OC.CC(=O)C1(N)CN(C)C1.O=C(Cl)OCC1c2ccccc2-c2ccccc21. The molecule has 2 amide bonds. The van der Waals surface area contributed by atoms with Crippen LogP contribution in [0.4, 0.5) is 14.4 Å². The number of rotatable bonds is 11. The number of esters is 1. The highest BCUT2D eigenvalue weighted by Gasteiger charge is 2.42. The lowest BCUT2D eigenvalue weighted by Gasteiger charge is -2.43. The van der Waals surface area contributed by atoms with Crippen molar-refractivity contribution < 1.29 is 42.9 Å². The monoisotopic (exact) mass is 838 g/mol. The third-order valence-corrected chi connectivity index (χ3v) is 10.8. The number of Topliss-reactive ketones (excluding diaryl/α,β-unsaturated/α-hetero) is 1. The molecule has 1 heterocycles. The summed E-state index contributed by atoms with van der Waals surface area (Å²) in [6.45, 7) is 8.14. The Balaban J connectivity index is 0.000000208. The molecule has 1 fully saturated rings. The molecule has 7 rings (SSSR count). The largest absolute Gasteiger partial charge is 0.467 e. The Kier molecular flexibility index (Phi) is 14.9. The number of amides is 2. The van der Waals surface area contributed by atoms with Gasteiger partial charge in [-0.05, 0) is 65.4 Å². The number of ketones is 1. The molecule has 0 spiro atoms. The van der Waals surface area contributed by atoms with E-state index in [1.54, 1.807) is 6.92 Å². The van der Waals surface area contributed by atoms with Gasteiger partial charge in [-0.2, -0.15) is 0 Å². The normalized spacial score (nSPS) is 15.2. The third-order valence-electron chi connectivity index (χ3n) is 10.7. The maximum absolute atomic E-state index is 12.7. The summed E-state index contributed by atoms with van der Waals surface area (Å²) in [4.78, 5) is 61.9. The number of methoxy groups -OCH3 is 1. The molecule has 13 nitrogen and oxygen atoms in total. The minimum Gasteiger partial charge on any atom is -0.467 e. The zero-order valence-electron chi connectivity index (χ0n) is 34.4. The fourth-order valence-corrected chi connectivity index (χ4v) is 7.81. The first kappa shape index (κ1) is 45.1. The lowest BCUT2D eigenvalue weighted by atomic mass is 9.88. The molecular weight excluding hydrogens is 788 g/mol. The summed E-state index contributed by atoms with van der Waals surface area (Å²) in [5, 5.41) is 2.55. The van der Waals surface area contributed by atoms with E-state index in [0.717, 1.165) is 22.3 Å². The second-order valence-electron chi connectivity index (χ2n) is 15.2. The predicted molar refractivity (Wildman–Crippen MR) is 229 cm³/mol. The van der Waals surface area contributed by atoms with Crippen LogP contribution in [0, 0.1) is 0 Å². The zero-order chi connectivity index (χ0) is 43.6. The molecule has 3 N–H and O–H groups in total. The second-order valence-corrected chi connectivity index (χ2v) is 15.5. The van der Waals surface area contributed by atoms with Gasteiger partial charge < -0.3 is 39.8 Å². The predicted octanol–water partition coefficient (Wildman–Crippen LogP) is 7.10. The van der Waals surface area contributed by atoms with E-state index in [1.165, 1.54) is 54.3 Å². The van der Waals surface area contributed by atoms with Gasteiger partial charge in [-0.3, -0.25) is 4.79 Å². The Morgan fingerprint density at radius 2 is 1.23 bits per heavy atom. The average Bonchev–Trinajstić information content (AvgIpc) is 3.72. The fraction of sp³-hybridized carbons (Fsp3) is 0.326. The number of hydrogen-bond donors (Lipinski definition) is 2. The molecule has 0 radical (unpaired) electrons. The number of carbonyl (C=O) groups excluding carboxylic acids is 5. The van der Waals surface area contributed by atoms with E-state index in [4.69, 9.17) is 36.3 Å². The number of fused-ring (bicyclic) bond motifs is 6. The highest BCUT2D eigenvalue weighted by Crippen LogP contribution is 2.45. The van der Waals surface area contributed by atoms with Crippen LogP contribution in [-0.2, 0) is 28.5 Å². The van der Waals surface area contributed by atoms with Gasteiger partial charge in [0.2, 0.25) is 0 Å². The molecule has 1 saturated heterocycles. The summed E-state index contributed by atoms with van der Waals surface area (Å²) in [5.74, 6) is -0.663. The number of benzene rings is 4. The van der Waals surface area contributed by atoms with Gasteiger partial charge in [-0.1, -0.05) is 110 Å². The molecule has 1 aliphatic heterocycles. The molecule has 60 heavy (non-hydrogen) atoms. The number of ether oxygens (including phenoxy) is 4. The first-order valence-electron chi connectivity index (χ1n) is 19.3. The molecule has 0 bridgehead atoms. The van der Waals surface area contributed by atoms with Gasteiger partial charge in [0.15, 0.2) is 11.3 Å². The van der Waals surface area contributed by atoms with Crippen LogP contribution in [0.25, 0.3) is 22.3 Å². The standard InChI is InChI=1S/C25H28N2O6.C15H11ClO2.C6H12N2O/c1-5-14-32-24(30)27(3)16-25(2,22(28)31-4)26-23(29)33-15-21-19-12-8-6-10-17(19)18-11-7-9-13-20(18)21;16-15(17)18-9-14-12-7-3-1-5-10(12)11-6-2-4-8-13(11)14;1-5(9)6(7)3-8(2)4-6/h5-13,21H,1,14-16H2,2-4H3,(H,26,29);1-8,14H,9H2;3-4,7H2,1-2H3/t25-;;/m0../s1. The number of nitrogens with two attached hydrogens (primary N) is 1. The number of halogens is 1. The van der Waals surface area contributed by atoms with E-state index < -0.39 is 34.7 Å². The molecule has 3 aliphatic rings. The Morgan fingerprint density at radius 1 is 0.817 bits per heavy atom. The summed E-state index contributed by atoms with van der Waals surface area (Å²) in [5.41, 5.74) is 12.0. The maximum atomic E-state index is 12.7. The minimum absolute atomic E-state index is 0.0257. The Labute approximate surface area is 355 Å². The molecular formula is C46H51ClN4O9. The number of nitrogens with one attached hydrogen (secondary N) is 1. The van der Waals surface area contributed by atoms with Crippen LogP contribution in [0.3, 0.4) is 0 Å². The maximum Gasteiger partial charge on any atom is 0.409 e. The summed E-state index contributed by atoms with van der Waals surface area (Å²) in [6.07, 6.45) is -0.0304. The summed E-state index contributed by atoms with van der Waals surface area (Å²) < 4.78 is 20.3. The molecule has 4 aromatic carbocycles. The van der Waals surface area contributed by atoms with E-state index >= 15 is 0 Å². The van der Waals surface area contributed by atoms with Crippen LogP contribution < -0.4 is 11.1 Å². The van der Waals surface area contributed by atoms with E-state index in [9.17, 15) is 24.0 Å². The van der Waals surface area contributed by atoms with Crippen molar-refractivity contribution >= 4 is 41.0 Å². The average molecular weight is 839 g/mol. The lowest BCUT2D eigenvalue weighted by Crippen LogP contribution is -2.69.